The van der Waals surface area contributed by atoms with E-state index in [1.165, 1.54) is 0 Å². The summed E-state index contributed by atoms with van der Waals surface area (Å²) in [5, 5.41) is 0. The van der Waals surface area contributed by atoms with Crippen LogP contribution in [0.15, 0.2) is 30.3 Å². The Balaban J connectivity index is 0.00000324. The molecule has 0 aromatic heterocycles. The van der Waals surface area contributed by atoms with Crippen LogP contribution >= 0.6 is 7.26 Å². The Morgan fingerprint density at radius 3 is 1.58 bits per heavy atom. The van der Waals surface area contributed by atoms with Gasteiger partial charge in [0, 0.05) is 22.6 Å². The van der Waals surface area contributed by atoms with Crippen LogP contribution in [0, 0.1) is 11.6 Å². The minimum absolute atomic E-state index is 0. The second kappa shape index (κ2) is 8.11. The summed E-state index contributed by atoms with van der Waals surface area (Å²) < 4.78 is 0. The van der Waals surface area contributed by atoms with Crippen LogP contribution in [0.4, 0.5) is 0 Å². The molecule has 109 valence electrons. The SMILES string of the molecule is CC(C)[P+](C#Cc1ccccc1)(C(C)C)C(C)C.[Cu]. The van der Waals surface area contributed by atoms with E-state index in [9.17, 15) is 0 Å². The third-order valence-corrected chi connectivity index (χ3v) is 9.36. The van der Waals surface area contributed by atoms with Gasteiger partial charge in [-0.2, -0.15) is 0 Å². The molecule has 0 unspecified atom stereocenters. The zero-order valence-corrected chi connectivity index (χ0v) is 14.7. The van der Waals surface area contributed by atoms with E-state index in [1.54, 1.807) is 0 Å². The number of rotatable bonds is 3. The topological polar surface area (TPSA) is 0 Å². The van der Waals surface area contributed by atoms with Crippen molar-refractivity contribution in [3.63, 3.8) is 0 Å². The summed E-state index contributed by atoms with van der Waals surface area (Å²) in [5.41, 5.74) is 6.88. The van der Waals surface area contributed by atoms with Crippen LogP contribution in [-0.4, -0.2) is 17.0 Å². The molecule has 19 heavy (non-hydrogen) atoms. The summed E-state index contributed by atoms with van der Waals surface area (Å²) in [5.74, 6) is 3.43. The maximum absolute atomic E-state index is 3.71. The van der Waals surface area contributed by atoms with Gasteiger partial charge in [-0.05, 0) is 59.6 Å². The van der Waals surface area contributed by atoms with Gasteiger partial charge in [-0.3, -0.25) is 0 Å². The van der Waals surface area contributed by atoms with Crippen molar-refractivity contribution in [1.29, 1.82) is 0 Å². The summed E-state index contributed by atoms with van der Waals surface area (Å²) in [6.07, 6.45) is 0. The standard InChI is InChI=1S/C17H26P.Cu/c1-14(2)18(15(3)4,16(5)6)13-12-17-10-8-7-9-11-17;/h7-11,14-16H,1-6H3;/q+1;. The second-order valence-electron chi connectivity index (χ2n) is 5.72. The molecule has 1 aromatic carbocycles. The van der Waals surface area contributed by atoms with Crippen LogP contribution in [0.2, 0.25) is 0 Å². The van der Waals surface area contributed by atoms with Gasteiger partial charge in [-0.1, -0.05) is 18.2 Å². The van der Waals surface area contributed by atoms with Crippen LogP contribution < -0.4 is 0 Å². The average molecular weight is 325 g/mol. The Bertz CT molecular complexity index is 402. The summed E-state index contributed by atoms with van der Waals surface area (Å²) in [6.45, 7) is 14.0. The minimum atomic E-state index is -1.24. The molecule has 1 radical (unpaired) electrons. The summed E-state index contributed by atoms with van der Waals surface area (Å²) in [6, 6.07) is 10.4. The summed E-state index contributed by atoms with van der Waals surface area (Å²) >= 11 is 0. The molecule has 0 bridgehead atoms. The van der Waals surface area contributed by atoms with Crippen molar-refractivity contribution in [3.05, 3.63) is 35.9 Å². The summed E-state index contributed by atoms with van der Waals surface area (Å²) in [7, 11) is -1.24. The van der Waals surface area contributed by atoms with Crippen LogP contribution in [0.1, 0.15) is 47.1 Å². The average Bonchev–Trinajstić information content (AvgIpc) is 2.29. The molecule has 0 aliphatic heterocycles. The Labute approximate surface area is 130 Å². The molecule has 0 atom stereocenters. The fourth-order valence-corrected chi connectivity index (χ4v) is 7.53. The van der Waals surface area contributed by atoms with E-state index in [4.69, 9.17) is 0 Å². The Hall–Kier alpha value is -0.271. The Kier molecular flexibility index (Phi) is 8.00. The molecule has 2 heteroatoms. The van der Waals surface area contributed by atoms with Crippen molar-refractivity contribution < 1.29 is 17.1 Å². The molecular weight excluding hydrogens is 299 g/mol. The fraction of sp³-hybridized carbons (Fsp3) is 0.529. The van der Waals surface area contributed by atoms with Gasteiger partial charge >= 0.3 is 0 Å². The zero-order chi connectivity index (χ0) is 13.8. The first kappa shape index (κ1) is 18.7. The van der Waals surface area contributed by atoms with E-state index in [0.717, 1.165) is 5.56 Å². The molecule has 0 aliphatic carbocycles. The predicted octanol–water partition coefficient (Wildman–Crippen LogP) is 5.24. The minimum Gasteiger partial charge on any atom is -0.0622 e. The monoisotopic (exact) mass is 324 g/mol. The largest absolute Gasteiger partial charge is 0.0997 e. The van der Waals surface area contributed by atoms with Crippen molar-refractivity contribution in [3.8, 4) is 11.6 Å². The normalized spacial score (nSPS) is 11.2. The van der Waals surface area contributed by atoms with Gasteiger partial charge in [0.2, 0.25) is 0 Å². The molecular formula is C17H26CuP+. The number of benzene rings is 1. The maximum atomic E-state index is 3.71. The fourth-order valence-electron chi connectivity index (χ4n) is 2.86. The zero-order valence-electron chi connectivity index (χ0n) is 12.9. The van der Waals surface area contributed by atoms with Gasteiger partial charge in [-0.25, -0.2) is 0 Å². The van der Waals surface area contributed by atoms with E-state index < -0.39 is 7.26 Å². The van der Waals surface area contributed by atoms with E-state index >= 15 is 0 Å². The van der Waals surface area contributed by atoms with Crippen molar-refractivity contribution >= 4 is 7.26 Å². The van der Waals surface area contributed by atoms with Crippen LogP contribution in [-0.2, 0) is 17.1 Å². The van der Waals surface area contributed by atoms with Gasteiger partial charge < -0.3 is 0 Å². The molecule has 0 nitrogen and oxygen atoms in total. The van der Waals surface area contributed by atoms with Crippen molar-refractivity contribution in [1.82, 2.24) is 0 Å². The maximum Gasteiger partial charge on any atom is 0.0997 e. The Morgan fingerprint density at radius 1 is 0.789 bits per heavy atom. The molecule has 0 amide bonds. The first-order valence-electron chi connectivity index (χ1n) is 6.87. The molecule has 1 aromatic rings. The molecule has 0 aliphatic rings. The van der Waals surface area contributed by atoms with Gasteiger partial charge in [0.25, 0.3) is 0 Å². The molecule has 1 rings (SSSR count). The Morgan fingerprint density at radius 2 is 1.21 bits per heavy atom. The summed E-state index contributed by atoms with van der Waals surface area (Å²) in [4.78, 5) is 0. The number of hydrogen-bond donors (Lipinski definition) is 0. The molecule has 0 N–H and O–H groups in total. The van der Waals surface area contributed by atoms with Crippen molar-refractivity contribution in [2.45, 2.75) is 58.5 Å². The van der Waals surface area contributed by atoms with E-state index in [0.29, 0.717) is 17.0 Å². The van der Waals surface area contributed by atoms with Gasteiger partial charge in [0.1, 0.15) is 0 Å². The molecule has 0 saturated heterocycles. The second-order valence-corrected chi connectivity index (χ2v) is 10.7. The third kappa shape index (κ3) is 4.36. The van der Waals surface area contributed by atoms with E-state index in [2.05, 4.69) is 77.4 Å². The van der Waals surface area contributed by atoms with Crippen LogP contribution in [0.25, 0.3) is 0 Å². The quantitative estimate of drug-likeness (QED) is 0.405. The van der Waals surface area contributed by atoms with Gasteiger partial charge in [0.15, 0.2) is 0 Å². The first-order chi connectivity index (χ1) is 8.41. The van der Waals surface area contributed by atoms with Gasteiger partial charge in [0.05, 0.1) is 29.9 Å². The van der Waals surface area contributed by atoms with Gasteiger partial charge in [-0.15, -0.1) is 0 Å². The number of hydrogen-bond acceptors (Lipinski definition) is 0. The van der Waals surface area contributed by atoms with Crippen LogP contribution in [0.3, 0.4) is 0 Å². The van der Waals surface area contributed by atoms with E-state index in [1.807, 2.05) is 6.07 Å². The molecule has 0 fully saturated rings. The third-order valence-electron chi connectivity index (χ3n) is 3.73. The van der Waals surface area contributed by atoms with Crippen molar-refractivity contribution in [2.75, 3.05) is 0 Å². The van der Waals surface area contributed by atoms with E-state index in [-0.39, 0.29) is 17.1 Å². The first-order valence-corrected chi connectivity index (χ1v) is 8.87. The molecule has 0 saturated carbocycles. The molecule has 0 heterocycles. The van der Waals surface area contributed by atoms with Crippen molar-refractivity contribution in [2.24, 2.45) is 0 Å². The smallest absolute Gasteiger partial charge is 0.0622 e. The van der Waals surface area contributed by atoms with Crippen LogP contribution in [0.5, 0.6) is 0 Å². The predicted molar refractivity (Wildman–Crippen MR) is 85.6 cm³/mol. The molecule has 0 spiro atoms.